The van der Waals surface area contributed by atoms with Gasteiger partial charge >= 0.3 is 0 Å². The first-order valence-electron chi connectivity index (χ1n) is 8.06. The van der Waals surface area contributed by atoms with Crippen molar-refractivity contribution in [2.24, 2.45) is 0 Å². The third kappa shape index (κ3) is 3.18. The van der Waals surface area contributed by atoms with Gasteiger partial charge in [-0.25, -0.2) is 0 Å². The molecule has 0 aliphatic heterocycles. The number of fused-ring (bicyclic) bond motifs is 1. The van der Waals surface area contributed by atoms with Gasteiger partial charge in [-0.15, -0.1) is 0 Å². The van der Waals surface area contributed by atoms with E-state index in [1.54, 1.807) is 0 Å². The Hall–Kier alpha value is -1.61. The topological polar surface area (TPSA) is 34.1 Å². The van der Waals surface area contributed by atoms with E-state index in [9.17, 15) is 0 Å². The van der Waals surface area contributed by atoms with E-state index in [-0.39, 0.29) is 5.60 Å². The lowest BCUT2D eigenvalue weighted by Crippen LogP contribution is -2.45. The molecule has 0 bridgehead atoms. The predicted octanol–water partition coefficient (Wildman–Crippen LogP) is 3.93. The Labute approximate surface area is 126 Å². The lowest BCUT2D eigenvalue weighted by molar-refractivity contribution is -0.0129. The van der Waals surface area contributed by atoms with Crippen LogP contribution in [0.15, 0.2) is 36.5 Å². The van der Waals surface area contributed by atoms with Crippen molar-refractivity contribution in [2.75, 3.05) is 13.1 Å². The number of rotatable bonds is 7. The maximum absolute atomic E-state index is 6.45. The lowest BCUT2D eigenvalue weighted by atomic mass is 9.77. The molecule has 112 valence electrons. The molecule has 1 aromatic heterocycles. The van der Waals surface area contributed by atoms with Crippen LogP contribution in [0.25, 0.3) is 10.9 Å². The SMILES string of the molecule is CCCNCCC1(Oc2cccc3ncccc23)CCC1. The van der Waals surface area contributed by atoms with Crippen molar-refractivity contribution in [1.82, 2.24) is 10.3 Å². The first kappa shape index (κ1) is 14.3. The summed E-state index contributed by atoms with van der Waals surface area (Å²) in [5.41, 5.74) is 1.04. The molecule has 0 amide bonds. The molecule has 1 N–H and O–H groups in total. The van der Waals surface area contributed by atoms with Crippen LogP contribution in [0.1, 0.15) is 39.0 Å². The summed E-state index contributed by atoms with van der Waals surface area (Å²) in [5, 5.41) is 4.61. The number of aromatic nitrogens is 1. The van der Waals surface area contributed by atoms with Gasteiger partial charge in [-0.2, -0.15) is 0 Å². The van der Waals surface area contributed by atoms with Gasteiger partial charge in [-0.05, 0) is 69.5 Å². The highest BCUT2D eigenvalue weighted by Crippen LogP contribution is 2.40. The Morgan fingerprint density at radius 1 is 1.19 bits per heavy atom. The molecular formula is C18H24N2O. The summed E-state index contributed by atoms with van der Waals surface area (Å²) in [4.78, 5) is 4.41. The average Bonchev–Trinajstić information content (AvgIpc) is 2.49. The van der Waals surface area contributed by atoms with Crippen LogP contribution < -0.4 is 10.1 Å². The smallest absolute Gasteiger partial charge is 0.129 e. The molecule has 3 nitrogen and oxygen atoms in total. The van der Waals surface area contributed by atoms with Crippen molar-refractivity contribution < 1.29 is 4.74 Å². The van der Waals surface area contributed by atoms with Gasteiger partial charge in [-0.3, -0.25) is 4.98 Å². The van der Waals surface area contributed by atoms with Crippen LogP contribution in [0.2, 0.25) is 0 Å². The quantitative estimate of drug-likeness (QED) is 0.782. The van der Waals surface area contributed by atoms with Crippen molar-refractivity contribution >= 4 is 10.9 Å². The highest BCUT2D eigenvalue weighted by molar-refractivity contribution is 5.84. The number of nitrogens with one attached hydrogen (secondary N) is 1. The maximum Gasteiger partial charge on any atom is 0.129 e. The number of nitrogens with zero attached hydrogens (tertiary/aromatic N) is 1. The van der Waals surface area contributed by atoms with Crippen molar-refractivity contribution in [1.29, 1.82) is 0 Å². The third-order valence-electron chi connectivity index (χ3n) is 4.38. The second-order valence-electron chi connectivity index (χ2n) is 5.96. The molecule has 3 heteroatoms. The van der Waals surface area contributed by atoms with E-state index >= 15 is 0 Å². The normalized spacial score (nSPS) is 16.6. The van der Waals surface area contributed by atoms with Crippen molar-refractivity contribution in [3.05, 3.63) is 36.5 Å². The fourth-order valence-electron chi connectivity index (χ4n) is 2.99. The molecule has 21 heavy (non-hydrogen) atoms. The van der Waals surface area contributed by atoms with Gasteiger partial charge in [0.2, 0.25) is 0 Å². The molecule has 0 atom stereocenters. The summed E-state index contributed by atoms with van der Waals surface area (Å²) < 4.78 is 6.45. The summed E-state index contributed by atoms with van der Waals surface area (Å²) in [7, 11) is 0. The highest BCUT2D eigenvalue weighted by Gasteiger charge is 2.39. The van der Waals surface area contributed by atoms with Gasteiger partial charge in [0.1, 0.15) is 11.4 Å². The first-order valence-corrected chi connectivity index (χ1v) is 8.06. The summed E-state index contributed by atoms with van der Waals surface area (Å²) in [6.07, 6.45) is 7.71. The van der Waals surface area contributed by atoms with Crippen LogP contribution in [-0.4, -0.2) is 23.7 Å². The minimum atomic E-state index is 0.0326. The molecule has 3 rings (SSSR count). The standard InChI is InChI=1S/C18H24N2O/c1-2-12-19-14-11-18(9-5-10-18)21-17-8-3-7-16-15(17)6-4-13-20-16/h3-4,6-8,13,19H,2,5,9-12,14H2,1H3. The minimum absolute atomic E-state index is 0.0326. The molecule has 0 radical (unpaired) electrons. The monoisotopic (exact) mass is 284 g/mol. The third-order valence-corrected chi connectivity index (χ3v) is 4.38. The zero-order valence-electron chi connectivity index (χ0n) is 12.8. The summed E-state index contributed by atoms with van der Waals surface area (Å²) >= 11 is 0. The molecule has 2 aromatic rings. The summed E-state index contributed by atoms with van der Waals surface area (Å²) in [6, 6.07) is 10.2. The maximum atomic E-state index is 6.45. The van der Waals surface area contributed by atoms with Crippen molar-refractivity contribution in [2.45, 2.75) is 44.6 Å². The van der Waals surface area contributed by atoms with Gasteiger partial charge < -0.3 is 10.1 Å². The number of pyridine rings is 1. The van der Waals surface area contributed by atoms with Gasteiger partial charge in [0.05, 0.1) is 5.52 Å². The molecule has 1 fully saturated rings. The summed E-state index contributed by atoms with van der Waals surface area (Å²) in [5.74, 6) is 0.982. The van der Waals surface area contributed by atoms with Crippen LogP contribution in [-0.2, 0) is 0 Å². The van der Waals surface area contributed by atoms with Crippen molar-refractivity contribution in [3.63, 3.8) is 0 Å². The Kier molecular flexibility index (Phi) is 4.39. The van der Waals surface area contributed by atoms with E-state index in [1.165, 1.54) is 12.8 Å². The Bertz CT molecular complexity index is 587. The van der Waals surface area contributed by atoms with E-state index in [4.69, 9.17) is 4.74 Å². The van der Waals surface area contributed by atoms with Gasteiger partial charge in [0.15, 0.2) is 0 Å². The zero-order valence-corrected chi connectivity index (χ0v) is 12.8. The van der Waals surface area contributed by atoms with Gasteiger partial charge in [0, 0.05) is 11.6 Å². The average molecular weight is 284 g/mol. The summed E-state index contributed by atoms with van der Waals surface area (Å²) in [6.45, 7) is 4.33. The molecule has 1 saturated carbocycles. The molecule has 1 heterocycles. The Morgan fingerprint density at radius 3 is 2.86 bits per heavy atom. The predicted molar refractivity (Wildman–Crippen MR) is 86.7 cm³/mol. The lowest BCUT2D eigenvalue weighted by Gasteiger charge is -2.42. The molecule has 0 unspecified atom stereocenters. The molecule has 1 aliphatic carbocycles. The molecule has 0 spiro atoms. The van der Waals surface area contributed by atoms with Crippen LogP contribution >= 0.6 is 0 Å². The highest BCUT2D eigenvalue weighted by atomic mass is 16.5. The van der Waals surface area contributed by atoms with Crippen LogP contribution in [0, 0.1) is 0 Å². The minimum Gasteiger partial charge on any atom is -0.487 e. The van der Waals surface area contributed by atoms with Crippen LogP contribution in [0.3, 0.4) is 0 Å². The number of ether oxygens (including phenoxy) is 1. The second-order valence-corrected chi connectivity index (χ2v) is 5.96. The van der Waals surface area contributed by atoms with Gasteiger partial charge in [0.25, 0.3) is 0 Å². The number of hydrogen-bond donors (Lipinski definition) is 1. The first-order chi connectivity index (χ1) is 10.3. The molecule has 1 aromatic carbocycles. The molecule has 0 saturated heterocycles. The second kappa shape index (κ2) is 6.44. The van der Waals surface area contributed by atoms with Gasteiger partial charge in [-0.1, -0.05) is 13.0 Å². The van der Waals surface area contributed by atoms with Crippen LogP contribution in [0.4, 0.5) is 0 Å². The largest absolute Gasteiger partial charge is 0.487 e. The Morgan fingerprint density at radius 2 is 2.10 bits per heavy atom. The number of benzene rings is 1. The fourth-order valence-corrected chi connectivity index (χ4v) is 2.99. The van der Waals surface area contributed by atoms with Crippen LogP contribution in [0.5, 0.6) is 5.75 Å². The van der Waals surface area contributed by atoms with E-state index in [0.29, 0.717) is 0 Å². The van der Waals surface area contributed by atoms with E-state index < -0.39 is 0 Å². The number of hydrogen-bond acceptors (Lipinski definition) is 3. The van der Waals surface area contributed by atoms with E-state index in [1.807, 2.05) is 24.4 Å². The van der Waals surface area contributed by atoms with Crippen molar-refractivity contribution in [3.8, 4) is 5.75 Å². The zero-order chi connectivity index (χ0) is 14.5. The Balaban J connectivity index is 1.73. The molecule has 1 aliphatic rings. The van der Waals surface area contributed by atoms with E-state index in [0.717, 1.165) is 49.0 Å². The van der Waals surface area contributed by atoms with E-state index in [2.05, 4.69) is 29.4 Å². The fraction of sp³-hybridized carbons (Fsp3) is 0.500. The molecular weight excluding hydrogens is 260 g/mol.